The molecule has 0 fully saturated rings. The standard InChI is InChI=1S/C36H27BrN2/c1-36(2)32-14-7-6-13-31(32)35-33(36)21-28(37)22-34(35)39(30-16-15-27-23-38-18-17-26(27)20-30)29-12-8-11-25(19-29)24-9-4-3-5-10-24/h3-23H,1-2H3. The molecule has 2 nitrogen and oxygen atoms in total. The van der Waals surface area contributed by atoms with E-state index in [9.17, 15) is 0 Å². The predicted molar refractivity (Wildman–Crippen MR) is 167 cm³/mol. The van der Waals surface area contributed by atoms with Gasteiger partial charge in [0.25, 0.3) is 0 Å². The van der Waals surface area contributed by atoms with Crippen molar-refractivity contribution in [1.29, 1.82) is 0 Å². The summed E-state index contributed by atoms with van der Waals surface area (Å²) >= 11 is 3.88. The third-order valence-electron chi connectivity index (χ3n) is 7.96. The second kappa shape index (κ2) is 9.21. The van der Waals surface area contributed by atoms with E-state index in [1.807, 2.05) is 12.4 Å². The fourth-order valence-corrected chi connectivity index (χ4v) is 6.47. The van der Waals surface area contributed by atoms with E-state index in [0.717, 1.165) is 26.9 Å². The minimum atomic E-state index is -0.100. The Balaban J connectivity index is 1.53. The van der Waals surface area contributed by atoms with Crippen molar-refractivity contribution in [3.05, 3.63) is 143 Å². The summed E-state index contributed by atoms with van der Waals surface area (Å²) < 4.78 is 1.08. The molecule has 5 aromatic carbocycles. The van der Waals surface area contributed by atoms with Crippen molar-refractivity contribution in [3.8, 4) is 22.3 Å². The Labute approximate surface area is 237 Å². The van der Waals surface area contributed by atoms with E-state index in [1.54, 1.807) is 0 Å². The maximum atomic E-state index is 4.33. The predicted octanol–water partition coefficient (Wildman–Crippen LogP) is 10.4. The lowest BCUT2D eigenvalue weighted by Gasteiger charge is -2.30. The van der Waals surface area contributed by atoms with Crippen LogP contribution in [0.2, 0.25) is 0 Å². The SMILES string of the molecule is CC1(C)c2ccccc2-c2c(N(c3cccc(-c4ccccc4)c3)c3ccc4cnccc4c3)cc(Br)cc21. The van der Waals surface area contributed by atoms with Gasteiger partial charge < -0.3 is 4.90 Å². The second-order valence-electron chi connectivity index (χ2n) is 10.7. The molecule has 0 saturated carbocycles. The Morgan fingerprint density at radius 3 is 2.28 bits per heavy atom. The van der Waals surface area contributed by atoms with E-state index in [4.69, 9.17) is 0 Å². The van der Waals surface area contributed by atoms with Crippen molar-refractivity contribution in [2.75, 3.05) is 4.90 Å². The monoisotopic (exact) mass is 566 g/mol. The molecule has 7 rings (SSSR count). The van der Waals surface area contributed by atoms with Crippen LogP contribution in [0.4, 0.5) is 17.1 Å². The first-order valence-corrected chi connectivity index (χ1v) is 14.0. The van der Waals surface area contributed by atoms with Crippen molar-refractivity contribution in [3.63, 3.8) is 0 Å². The summed E-state index contributed by atoms with van der Waals surface area (Å²) in [5, 5.41) is 2.30. The zero-order valence-corrected chi connectivity index (χ0v) is 23.5. The van der Waals surface area contributed by atoms with Gasteiger partial charge in [0, 0.05) is 44.6 Å². The van der Waals surface area contributed by atoms with Crippen LogP contribution < -0.4 is 4.90 Å². The van der Waals surface area contributed by atoms with Crippen molar-refractivity contribution >= 4 is 43.8 Å². The van der Waals surface area contributed by atoms with Crippen LogP contribution in [0, 0.1) is 0 Å². The number of hydrogen-bond donors (Lipinski definition) is 0. The van der Waals surface area contributed by atoms with Crippen molar-refractivity contribution in [2.24, 2.45) is 0 Å². The van der Waals surface area contributed by atoms with Crippen molar-refractivity contribution in [1.82, 2.24) is 4.98 Å². The van der Waals surface area contributed by atoms with Gasteiger partial charge in [0.05, 0.1) is 5.69 Å². The molecule has 1 aromatic heterocycles. The molecule has 1 heterocycles. The molecule has 1 aliphatic carbocycles. The van der Waals surface area contributed by atoms with E-state index in [0.29, 0.717) is 0 Å². The van der Waals surface area contributed by atoms with Crippen LogP contribution in [-0.4, -0.2) is 4.98 Å². The molecule has 188 valence electrons. The average Bonchev–Trinajstić information content (AvgIpc) is 3.20. The molecule has 0 aliphatic heterocycles. The van der Waals surface area contributed by atoms with Gasteiger partial charge in [-0.05, 0) is 75.7 Å². The lowest BCUT2D eigenvalue weighted by Crippen LogP contribution is -2.16. The molecule has 0 saturated heterocycles. The quantitative estimate of drug-likeness (QED) is 0.211. The van der Waals surface area contributed by atoms with Gasteiger partial charge in [0.2, 0.25) is 0 Å². The van der Waals surface area contributed by atoms with Crippen molar-refractivity contribution < 1.29 is 0 Å². The van der Waals surface area contributed by atoms with Crippen LogP contribution in [-0.2, 0) is 5.41 Å². The second-order valence-corrected chi connectivity index (χ2v) is 11.6. The Morgan fingerprint density at radius 1 is 0.641 bits per heavy atom. The maximum Gasteiger partial charge on any atom is 0.0554 e. The summed E-state index contributed by atoms with van der Waals surface area (Å²) in [4.78, 5) is 6.74. The van der Waals surface area contributed by atoms with Gasteiger partial charge in [-0.3, -0.25) is 4.98 Å². The van der Waals surface area contributed by atoms with Crippen LogP contribution in [0.25, 0.3) is 33.0 Å². The Kier molecular flexibility index (Phi) is 5.64. The first kappa shape index (κ1) is 23.9. The summed E-state index contributed by atoms with van der Waals surface area (Å²) in [6, 6.07) is 41.6. The largest absolute Gasteiger partial charge is 0.310 e. The van der Waals surface area contributed by atoms with Gasteiger partial charge in [-0.1, -0.05) is 103 Å². The molecule has 6 aromatic rings. The highest BCUT2D eigenvalue weighted by molar-refractivity contribution is 9.10. The molecule has 0 N–H and O–H groups in total. The van der Waals surface area contributed by atoms with Crippen LogP contribution >= 0.6 is 15.9 Å². The number of hydrogen-bond acceptors (Lipinski definition) is 2. The number of benzene rings is 5. The number of pyridine rings is 1. The zero-order chi connectivity index (χ0) is 26.6. The first-order chi connectivity index (χ1) is 19.0. The lowest BCUT2D eigenvalue weighted by molar-refractivity contribution is 0.660. The minimum Gasteiger partial charge on any atom is -0.310 e. The van der Waals surface area contributed by atoms with E-state index >= 15 is 0 Å². The normalized spacial score (nSPS) is 13.2. The van der Waals surface area contributed by atoms with Crippen LogP contribution in [0.15, 0.2) is 132 Å². The van der Waals surface area contributed by atoms with Gasteiger partial charge in [0.1, 0.15) is 0 Å². The molecule has 0 radical (unpaired) electrons. The zero-order valence-electron chi connectivity index (χ0n) is 21.9. The molecule has 0 atom stereocenters. The Bertz CT molecular complexity index is 1860. The van der Waals surface area contributed by atoms with Gasteiger partial charge in [-0.15, -0.1) is 0 Å². The number of rotatable bonds is 4. The molecule has 0 unspecified atom stereocenters. The average molecular weight is 568 g/mol. The fraction of sp³-hybridized carbons (Fsp3) is 0.0833. The minimum absolute atomic E-state index is 0.100. The Morgan fingerprint density at radius 2 is 1.41 bits per heavy atom. The first-order valence-electron chi connectivity index (χ1n) is 13.2. The molecular weight excluding hydrogens is 540 g/mol. The van der Waals surface area contributed by atoms with E-state index < -0.39 is 0 Å². The molecule has 0 bridgehead atoms. The van der Waals surface area contributed by atoms with Crippen LogP contribution in [0.5, 0.6) is 0 Å². The van der Waals surface area contributed by atoms with Crippen LogP contribution in [0.3, 0.4) is 0 Å². The van der Waals surface area contributed by atoms with Crippen molar-refractivity contribution in [2.45, 2.75) is 19.3 Å². The van der Waals surface area contributed by atoms with Gasteiger partial charge in [0.15, 0.2) is 0 Å². The molecule has 1 aliphatic rings. The van der Waals surface area contributed by atoms with Gasteiger partial charge in [-0.25, -0.2) is 0 Å². The highest BCUT2D eigenvalue weighted by atomic mass is 79.9. The summed E-state index contributed by atoms with van der Waals surface area (Å²) in [6.45, 7) is 4.66. The summed E-state index contributed by atoms with van der Waals surface area (Å²) in [5.74, 6) is 0. The summed E-state index contributed by atoms with van der Waals surface area (Å²) in [6.07, 6.45) is 3.79. The summed E-state index contributed by atoms with van der Waals surface area (Å²) in [7, 11) is 0. The number of fused-ring (bicyclic) bond motifs is 4. The molecule has 0 spiro atoms. The third kappa shape index (κ3) is 3.97. The maximum absolute atomic E-state index is 4.33. The fourth-order valence-electron chi connectivity index (χ4n) is 6.03. The van der Waals surface area contributed by atoms with E-state index in [-0.39, 0.29) is 5.41 Å². The lowest BCUT2D eigenvalue weighted by atomic mass is 9.82. The number of aromatic nitrogens is 1. The molecule has 39 heavy (non-hydrogen) atoms. The number of nitrogens with zero attached hydrogens (tertiary/aromatic N) is 2. The molecule has 0 amide bonds. The smallest absolute Gasteiger partial charge is 0.0554 e. The third-order valence-corrected chi connectivity index (χ3v) is 8.42. The molecule has 3 heteroatoms. The van der Waals surface area contributed by atoms with Crippen LogP contribution in [0.1, 0.15) is 25.0 Å². The summed E-state index contributed by atoms with van der Waals surface area (Å²) in [5.41, 5.74) is 11.0. The van der Waals surface area contributed by atoms with E-state index in [1.165, 1.54) is 38.8 Å². The topological polar surface area (TPSA) is 16.1 Å². The van der Waals surface area contributed by atoms with E-state index in [2.05, 4.69) is 155 Å². The molecular formula is C36H27BrN2. The highest BCUT2D eigenvalue weighted by Gasteiger charge is 2.38. The highest BCUT2D eigenvalue weighted by Crippen LogP contribution is 2.55. The Hall–Kier alpha value is -4.21. The van der Waals surface area contributed by atoms with Gasteiger partial charge >= 0.3 is 0 Å². The van der Waals surface area contributed by atoms with Gasteiger partial charge in [-0.2, -0.15) is 0 Å². The number of anilines is 3. The number of halogens is 1.